The molecule has 1 fully saturated rings. The maximum atomic E-state index is 13.8. The second-order valence-electron chi connectivity index (χ2n) is 8.35. The number of carbonyl (C=O) groups is 1. The second kappa shape index (κ2) is 8.98. The van der Waals surface area contributed by atoms with E-state index in [0.717, 1.165) is 64.5 Å². The average Bonchev–Trinajstić information content (AvgIpc) is 3.28. The topological polar surface area (TPSA) is 45.7 Å². The van der Waals surface area contributed by atoms with Gasteiger partial charge in [-0.1, -0.05) is 53.8 Å². The van der Waals surface area contributed by atoms with E-state index >= 15 is 0 Å². The number of fused-ring (bicyclic) bond motifs is 2. The van der Waals surface area contributed by atoms with E-state index in [9.17, 15) is 4.79 Å². The minimum Gasteiger partial charge on any atom is -0.379 e. The number of nitrogens with zero attached hydrogens (tertiary/aromatic N) is 3. The fourth-order valence-corrected chi connectivity index (χ4v) is 5.33. The van der Waals surface area contributed by atoms with Gasteiger partial charge in [-0.2, -0.15) is 0 Å². The normalized spacial score (nSPS) is 14.8. The largest absolute Gasteiger partial charge is 0.379 e. The first kappa shape index (κ1) is 21.1. The molecule has 0 atom stereocenters. The van der Waals surface area contributed by atoms with Gasteiger partial charge in [0.15, 0.2) is 5.13 Å². The van der Waals surface area contributed by atoms with Crippen molar-refractivity contribution in [2.75, 3.05) is 44.3 Å². The van der Waals surface area contributed by atoms with Gasteiger partial charge in [0.1, 0.15) is 0 Å². The highest BCUT2D eigenvalue weighted by molar-refractivity contribution is 7.22. The van der Waals surface area contributed by atoms with E-state index in [2.05, 4.69) is 43.0 Å². The van der Waals surface area contributed by atoms with Crippen molar-refractivity contribution in [2.45, 2.75) is 13.8 Å². The van der Waals surface area contributed by atoms with Crippen LogP contribution in [0.15, 0.2) is 54.6 Å². The van der Waals surface area contributed by atoms with Crippen LogP contribution in [0.1, 0.15) is 21.5 Å². The zero-order chi connectivity index (χ0) is 22.1. The molecule has 6 heteroatoms. The van der Waals surface area contributed by atoms with Crippen LogP contribution in [0, 0.1) is 13.8 Å². The molecule has 1 saturated heterocycles. The highest BCUT2D eigenvalue weighted by Crippen LogP contribution is 2.34. The van der Waals surface area contributed by atoms with Crippen molar-refractivity contribution in [3.63, 3.8) is 0 Å². The van der Waals surface area contributed by atoms with Gasteiger partial charge in [-0.3, -0.25) is 14.6 Å². The number of anilines is 1. The van der Waals surface area contributed by atoms with E-state index in [1.807, 2.05) is 35.2 Å². The number of carbonyl (C=O) groups excluding carboxylic acids is 1. The van der Waals surface area contributed by atoms with Gasteiger partial charge in [0, 0.05) is 31.7 Å². The maximum Gasteiger partial charge on any atom is 0.260 e. The smallest absolute Gasteiger partial charge is 0.260 e. The van der Waals surface area contributed by atoms with Crippen LogP contribution >= 0.6 is 11.3 Å². The van der Waals surface area contributed by atoms with Crippen molar-refractivity contribution in [1.29, 1.82) is 0 Å². The Morgan fingerprint density at radius 2 is 1.78 bits per heavy atom. The number of aromatic nitrogens is 1. The summed E-state index contributed by atoms with van der Waals surface area (Å²) in [5, 5.41) is 2.97. The molecule has 0 N–H and O–H groups in total. The summed E-state index contributed by atoms with van der Waals surface area (Å²) in [6, 6.07) is 18.3. The van der Waals surface area contributed by atoms with Crippen LogP contribution in [-0.2, 0) is 4.74 Å². The molecule has 0 radical (unpaired) electrons. The molecule has 32 heavy (non-hydrogen) atoms. The van der Waals surface area contributed by atoms with Crippen molar-refractivity contribution >= 4 is 43.4 Å². The predicted molar refractivity (Wildman–Crippen MR) is 132 cm³/mol. The van der Waals surface area contributed by atoms with Gasteiger partial charge < -0.3 is 4.74 Å². The lowest BCUT2D eigenvalue weighted by molar-refractivity contribution is 0.0391. The number of hydrogen-bond acceptors (Lipinski definition) is 5. The SMILES string of the molecule is Cc1ccc(C)c2sc(N(CCN3CCOCC3)C(=O)c3ccc4ccccc4c3)nc12. The monoisotopic (exact) mass is 445 g/mol. The molecular weight excluding hydrogens is 418 g/mol. The predicted octanol–water partition coefficient (Wildman–Crippen LogP) is 5.05. The highest BCUT2D eigenvalue weighted by atomic mass is 32.1. The summed E-state index contributed by atoms with van der Waals surface area (Å²) >= 11 is 1.61. The molecule has 5 nitrogen and oxygen atoms in total. The lowest BCUT2D eigenvalue weighted by Crippen LogP contribution is -2.43. The molecule has 0 aliphatic carbocycles. The molecule has 0 unspecified atom stereocenters. The fourth-order valence-electron chi connectivity index (χ4n) is 4.19. The molecular formula is C26H27N3O2S. The third kappa shape index (κ3) is 4.13. The Balaban J connectivity index is 1.51. The molecule has 164 valence electrons. The van der Waals surface area contributed by atoms with Crippen LogP contribution in [0.5, 0.6) is 0 Å². The highest BCUT2D eigenvalue weighted by Gasteiger charge is 2.24. The standard InChI is InChI=1S/C26H27N3O2S/c1-18-7-8-19(2)24-23(18)27-26(32-24)29(12-11-28-13-15-31-16-14-28)25(30)22-10-9-20-5-3-4-6-21(20)17-22/h3-10,17H,11-16H2,1-2H3. The Morgan fingerprint density at radius 3 is 2.56 bits per heavy atom. The Morgan fingerprint density at radius 1 is 1.03 bits per heavy atom. The van der Waals surface area contributed by atoms with Crippen LogP contribution < -0.4 is 4.90 Å². The zero-order valence-corrected chi connectivity index (χ0v) is 19.3. The van der Waals surface area contributed by atoms with Crippen LogP contribution in [-0.4, -0.2) is 55.2 Å². The summed E-state index contributed by atoms with van der Waals surface area (Å²) in [6.07, 6.45) is 0. The minimum atomic E-state index is -0.00150. The van der Waals surface area contributed by atoms with E-state index in [-0.39, 0.29) is 5.91 Å². The van der Waals surface area contributed by atoms with Gasteiger partial charge in [0.25, 0.3) is 5.91 Å². The number of thiazole rings is 1. The number of ether oxygens (including phenoxy) is 1. The summed E-state index contributed by atoms with van der Waals surface area (Å²) in [5.74, 6) is -0.00150. The van der Waals surface area contributed by atoms with Crippen molar-refractivity contribution in [2.24, 2.45) is 0 Å². The Labute approximate surface area is 192 Å². The Bertz CT molecular complexity index is 1240. The molecule has 0 spiro atoms. The van der Waals surface area contributed by atoms with Crippen LogP contribution in [0.2, 0.25) is 0 Å². The first-order valence-corrected chi connectivity index (χ1v) is 11.9. The fraction of sp³-hybridized carbons (Fsp3) is 0.308. The molecule has 1 aromatic heterocycles. The van der Waals surface area contributed by atoms with E-state index in [1.165, 1.54) is 5.56 Å². The van der Waals surface area contributed by atoms with Gasteiger partial charge >= 0.3 is 0 Å². The van der Waals surface area contributed by atoms with Gasteiger partial charge in [-0.15, -0.1) is 0 Å². The Hall–Kier alpha value is -2.80. The number of amides is 1. The second-order valence-corrected chi connectivity index (χ2v) is 9.32. The quantitative estimate of drug-likeness (QED) is 0.431. The van der Waals surface area contributed by atoms with Crippen molar-refractivity contribution in [3.8, 4) is 0 Å². The van der Waals surface area contributed by atoms with Crippen LogP contribution in [0.4, 0.5) is 5.13 Å². The number of benzene rings is 3. The van der Waals surface area contributed by atoms with E-state index in [4.69, 9.17) is 9.72 Å². The summed E-state index contributed by atoms with van der Waals surface area (Å²) in [6.45, 7) is 8.88. The molecule has 1 aliphatic rings. The van der Waals surface area contributed by atoms with Crippen molar-refractivity contribution < 1.29 is 9.53 Å². The van der Waals surface area contributed by atoms with Crippen molar-refractivity contribution in [1.82, 2.24) is 9.88 Å². The van der Waals surface area contributed by atoms with E-state index in [0.29, 0.717) is 12.1 Å². The first-order valence-electron chi connectivity index (χ1n) is 11.1. The molecule has 1 amide bonds. The van der Waals surface area contributed by atoms with Gasteiger partial charge in [-0.05, 0) is 47.9 Å². The zero-order valence-electron chi connectivity index (χ0n) is 18.5. The van der Waals surface area contributed by atoms with Gasteiger partial charge in [0.2, 0.25) is 0 Å². The molecule has 0 saturated carbocycles. The number of aryl methyl sites for hydroxylation is 2. The number of morpholine rings is 1. The van der Waals surface area contributed by atoms with Crippen LogP contribution in [0.3, 0.4) is 0 Å². The summed E-state index contributed by atoms with van der Waals surface area (Å²) < 4.78 is 6.64. The maximum absolute atomic E-state index is 13.8. The molecule has 5 rings (SSSR count). The lowest BCUT2D eigenvalue weighted by Gasteiger charge is -2.29. The minimum absolute atomic E-state index is 0.00150. The molecule has 4 aromatic rings. The lowest BCUT2D eigenvalue weighted by atomic mass is 10.1. The summed E-state index contributed by atoms with van der Waals surface area (Å²) in [4.78, 5) is 22.9. The van der Waals surface area contributed by atoms with Crippen molar-refractivity contribution in [3.05, 3.63) is 71.3 Å². The molecule has 0 bridgehead atoms. The average molecular weight is 446 g/mol. The third-order valence-corrected chi connectivity index (χ3v) is 7.36. The molecule has 1 aliphatic heterocycles. The Kier molecular flexibility index (Phi) is 5.91. The van der Waals surface area contributed by atoms with Crippen LogP contribution in [0.25, 0.3) is 21.0 Å². The number of rotatable bonds is 5. The molecule has 2 heterocycles. The van der Waals surface area contributed by atoms with Gasteiger partial charge in [0.05, 0.1) is 23.4 Å². The van der Waals surface area contributed by atoms with Gasteiger partial charge in [-0.25, -0.2) is 4.98 Å². The van der Waals surface area contributed by atoms with E-state index < -0.39 is 0 Å². The summed E-state index contributed by atoms with van der Waals surface area (Å²) in [7, 11) is 0. The number of hydrogen-bond donors (Lipinski definition) is 0. The summed E-state index contributed by atoms with van der Waals surface area (Å²) in [5.41, 5.74) is 4.02. The molecule has 3 aromatic carbocycles. The third-order valence-electron chi connectivity index (χ3n) is 6.15. The van der Waals surface area contributed by atoms with E-state index in [1.54, 1.807) is 11.3 Å². The first-order chi connectivity index (χ1) is 15.6.